The highest BCUT2D eigenvalue weighted by atomic mass is 16.5. The Labute approximate surface area is 104 Å². The van der Waals surface area contributed by atoms with Crippen LogP contribution in [-0.4, -0.2) is 57.9 Å². The van der Waals surface area contributed by atoms with Crippen molar-refractivity contribution in [3.05, 3.63) is 17.5 Å². The summed E-state index contributed by atoms with van der Waals surface area (Å²) in [6.45, 7) is 2.63. The number of morpholine rings is 1. The van der Waals surface area contributed by atoms with Crippen molar-refractivity contribution in [1.29, 1.82) is 0 Å². The fourth-order valence-electron chi connectivity index (χ4n) is 1.80. The van der Waals surface area contributed by atoms with Crippen molar-refractivity contribution in [3.63, 3.8) is 0 Å². The number of hydrogen-bond donors (Lipinski definition) is 2. The number of rotatable bonds is 3. The number of ether oxygens (including phenoxy) is 1. The summed E-state index contributed by atoms with van der Waals surface area (Å²) >= 11 is 0. The quantitative estimate of drug-likeness (QED) is 0.784. The Morgan fingerprint density at radius 3 is 3.06 bits per heavy atom. The van der Waals surface area contributed by atoms with Crippen molar-refractivity contribution in [2.75, 3.05) is 19.7 Å². The molecule has 0 radical (unpaired) electrons. The highest BCUT2D eigenvalue weighted by molar-refractivity contribution is 5.92. The molecule has 1 aromatic heterocycles. The lowest BCUT2D eigenvalue weighted by Gasteiger charge is -2.30. The van der Waals surface area contributed by atoms with E-state index in [1.807, 2.05) is 6.92 Å². The second kappa shape index (κ2) is 5.18. The Kier molecular flexibility index (Phi) is 3.61. The van der Waals surface area contributed by atoms with Crippen molar-refractivity contribution in [1.82, 2.24) is 15.1 Å². The molecule has 1 atom stereocenters. The van der Waals surface area contributed by atoms with E-state index in [0.29, 0.717) is 12.2 Å². The topological polar surface area (TPSA) is 95.5 Å². The van der Waals surface area contributed by atoms with E-state index in [1.54, 1.807) is 6.07 Å². The second-order valence-electron chi connectivity index (χ2n) is 4.08. The van der Waals surface area contributed by atoms with E-state index in [2.05, 4.69) is 10.2 Å². The van der Waals surface area contributed by atoms with E-state index in [4.69, 9.17) is 9.84 Å². The Morgan fingerprint density at radius 2 is 2.44 bits per heavy atom. The summed E-state index contributed by atoms with van der Waals surface area (Å²) in [6.07, 6.45) is -0.187. The molecule has 0 saturated carbocycles. The van der Waals surface area contributed by atoms with E-state index in [0.717, 1.165) is 12.1 Å². The number of H-pyrrole nitrogens is 1. The van der Waals surface area contributed by atoms with E-state index in [1.165, 1.54) is 4.90 Å². The molecule has 0 aliphatic carbocycles. The molecule has 2 rings (SSSR count). The minimum Gasteiger partial charge on any atom is -0.479 e. The lowest BCUT2D eigenvalue weighted by atomic mass is 10.2. The predicted molar refractivity (Wildman–Crippen MR) is 61.2 cm³/mol. The second-order valence-corrected chi connectivity index (χ2v) is 4.08. The smallest absolute Gasteiger partial charge is 0.334 e. The number of hydrogen-bond acceptors (Lipinski definition) is 4. The molecule has 18 heavy (non-hydrogen) atoms. The minimum atomic E-state index is -1.05. The van der Waals surface area contributed by atoms with Gasteiger partial charge in [0, 0.05) is 12.2 Å². The molecule has 0 bridgehead atoms. The van der Waals surface area contributed by atoms with Crippen LogP contribution in [0.15, 0.2) is 6.07 Å². The zero-order valence-electron chi connectivity index (χ0n) is 10.0. The molecule has 1 saturated heterocycles. The maximum Gasteiger partial charge on any atom is 0.334 e. The molecule has 7 nitrogen and oxygen atoms in total. The summed E-state index contributed by atoms with van der Waals surface area (Å²) in [5.74, 6) is -1.32. The Hall–Kier alpha value is -1.89. The molecule has 2 heterocycles. The number of amides is 1. The van der Waals surface area contributed by atoms with Crippen LogP contribution in [0.4, 0.5) is 0 Å². The van der Waals surface area contributed by atoms with Gasteiger partial charge in [0.05, 0.1) is 13.2 Å². The van der Waals surface area contributed by atoms with Gasteiger partial charge in [0.1, 0.15) is 5.69 Å². The molecule has 1 aromatic rings. The van der Waals surface area contributed by atoms with Crippen LogP contribution < -0.4 is 0 Å². The van der Waals surface area contributed by atoms with Crippen LogP contribution >= 0.6 is 0 Å². The number of aromatic amines is 1. The monoisotopic (exact) mass is 253 g/mol. The number of nitrogens with one attached hydrogen (secondary N) is 1. The van der Waals surface area contributed by atoms with Crippen LogP contribution in [0.2, 0.25) is 0 Å². The zero-order valence-corrected chi connectivity index (χ0v) is 10.0. The molecule has 1 aliphatic heterocycles. The van der Waals surface area contributed by atoms with Crippen molar-refractivity contribution >= 4 is 11.9 Å². The highest BCUT2D eigenvalue weighted by Crippen LogP contribution is 2.10. The molecule has 0 aromatic carbocycles. The first-order valence-electron chi connectivity index (χ1n) is 5.79. The van der Waals surface area contributed by atoms with Gasteiger partial charge in [-0.3, -0.25) is 9.89 Å². The number of carboxylic acid groups (broad SMARTS) is 1. The maximum atomic E-state index is 12.1. The first kappa shape index (κ1) is 12.6. The van der Waals surface area contributed by atoms with Gasteiger partial charge in [-0.05, 0) is 12.5 Å². The van der Waals surface area contributed by atoms with Gasteiger partial charge in [0.15, 0.2) is 6.10 Å². The molecule has 0 unspecified atom stereocenters. The number of aliphatic carboxylic acids is 1. The van der Waals surface area contributed by atoms with E-state index < -0.39 is 12.1 Å². The fourth-order valence-corrected chi connectivity index (χ4v) is 1.80. The van der Waals surface area contributed by atoms with Crippen molar-refractivity contribution in [2.24, 2.45) is 0 Å². The largest absolute Gasteiger partial charge is 0.479 e. The van der Waals surface area contributed by atoms with Crippen LogP contribution in [0.3, 0.4) is 0 Å². The number of nitrogens with zero attached hydrogens (tertiary/aromatic N) is 2. The van der Waals surface area contributed by atoms with Gasteiger partial charge in [0.25, 0.3) is 5.91 Å². The van der Waals surface area contributed by atoms with Gasteiger partial charge < -0.3 is 14.7 Å². The average Bonchev–Trinajstić information content (AvgIpc) is 2.86. The Bertz CT molecular complexity index is 457. The fraction of sp³-hybridized carbons (Fsp3) is 0.545. The van der Waals surface area contributed by atoms with Crippen molar-refractivity contribution in [2.45, 2.75) is 19.4 Å². The lowest BCUT2D eigenvalue weighted by Crippen LogP contribution is -2.48. The SMILES string of the molecule is CCc1cc(C(=O)N2CCO[C@@H](C(=O)O)C2)n[nH]1. The summed E-state index contributed by atoms with van der Waals surface area (Å²) in [6, 6.07) is 1.69. The number of carbonyl (C=O) groups is 2. The molecule has 1 fully saturated rings. The first-order chi connectivity index (χ1) is 8.61. The van der Waals surface area contributed by atoms with Gasteiger partial charge in [-0.1, -0.05) is 6.92 Å². The molecular formula is C11H15N3O4. The molecule has 2 N–H and O–H groups in total. The standard InChI is InChI=1S/C11H15N3O4/c1-2-7-5-8(13-12-7)10(15)14-3-4-18-9(6-14)11(16)17/h5,9H,2-4,6H2,1H3,(H,12,13)(H,16,17)/t9-/m1/s1. The molecule has 0 spiro atoms. The maximum absolute atomic E-state index is 12.1. The number of aryl methyl sites for hydroxylation is 1. The third-order valence-electron chi connectivity index (χ3n) is 2.86. The van der Waals surface area contributed by atoms with Crippen molar-refractivity contribution in [3.8, 4) is 0 Å². The van der Waals surface area contributed by atoms with Gasteiger partial charge in [0.2, 0.25) is 0 Å². The van der Waals surface area contributed by atoms with Crippen LogP contribution in [-0.2, 0) is 16.0 Å². The van der Waals surface area contributed by atoms with E-state index in [9.17, 15) is 9.59 Å². The van der Waals surface area contributed by atoms with Gasteiger partial charge >= 0.3 is 5.97 Å². The summed E-state index contributed by atoms with van der Waals surface area (Å²) in [4.78, 5) is 24.4. The summed E-state index contributed by atoms with van der Waals surface area (Å²) in [5, 5.41) is 15.6. The number of aromatic nitrogens is 2. The summed E-state index contributed by atoms with van der Waals surface area (Å²) in [7, 11) is 0. The number of carboxylic acids is 1. The van der Waals surface area contributed by atoms with Gasteiger partial charge in [-0.2, -0.15) is 5.10 Å². The number of carbonyl (C=O) groups excluding carboxylic acids is 1. The predicted octanol–water partition coefficient (Wildman–Crippen LogP) is -0.102. The molecule has 7 heteroatoms. The lowest BCUT2D eigenvalue weighted by molar-refractivity contribution is -0.154. The summed E-state index contributed by atoms with van der Waals surface area (Å²) in [5.41, 5.74) is 1.19. The van der Waals surface area contributed by atoms with Crippen LogP contribution in [0.25, 0.3) is 0 Å². The van der Waals surface area contributed by atoms with Crippen LogP contribution in [0, 0.1) is 0 Å². The normalized spacial score (nSPS) is 19.8. The van der Waals surface area contributed by atoms with Crippen molar-refractivity contribution < 1.29 is 19.4 Å². The molecule has 98 valence electrons. The minimum absolute atomic E-state index is 0.0580. The third kappa shape index (κ3) is 2.51. The Balaban J connectivity index is 2.06. The van der Waals surface area contributed by atoms with Gasteiger partial charge in [-0.15, -0.1) is 0 Å². The molecular weight excluding hydrogens is 238 g/mol. The van der Waals surface area contributed by atoms with Crippen LogP contribution in [0.1, 0.15) is 23.1 Å². The zero-order chi connectivity index (χ0) is 13.1. The highest BCUT2D eigenvalue weighted by Gasteiger charge is 2.30. The summed E-state index contributed by atoms with van der Waals surface area (Å²) < 4.78 is 5.06. The third-order valence-corrected chi connectivity index (χ3v) is 2.86. The average molecular weight is 253 g/mol. The van der Waals surface area contributed by atoms with E-state index in [-0.39, 0.29) is 19.1 Å². The van der Waals surface area contributed by atoms with Gasteiger partial charge in [-0.25, -0.2) is 4.79 Å². The van der Waals surface area contributed by atoms with E-state index >= 15 is 0 Å². The Morgan fingerprint density at radius 1 is 1.67 bits per heavy atom. The molecule has 1 aliphatic rings. The van der Waals surface area contributed by atoms with Crippen LogP contribution in [0.5, 0.6) is 0 Å². The molecule has 1 amide bonds. The first-order valence-corrected chi connectivity index (χ1v) is 5.79.